The molecule has 9 heteroatoms. The first kappa shape index (κ1) is 25.1. The molecule has 0 aliphatic carbocycles. The third-order valence-corrected chi connectivity index (χ3v) is 8.28. The Morgan fingerprint density at radius 1 is 1.03 bits per heavy atom. The summed E-state index contributed by atoms with van der Waals surface area (Å²) >= 11 is 0. The van der Waals surface area contributed by atoms with Gasteiger partial charge >= 0.3 is 0 Å². The van der Waals surface area contributed by atoms with Gasteiger partial charge in [0.2, 0.25) is 9.84 Å². The number of sulfone groups is 1. The second-order valence-corrected chi connectivity index (χ2v) is 10.5. The minimum absolute atomic E-state index is 0.242. The normalized spacial score (nSPS) is 13.9. The number of nitrogens with zero attached hydrogens (tertiary/aromatic N) is 3. The van der Waals surface area contributed by atoms with Gasteiger partial charge in [0.05, 0.1) is 37.6 Å². The number of ether oxygens (including phenoxy) is 3. The van der Waals surface area contributed by atoms with Crippen molar-refractivity contribution in [3.8, 4) is 17.2 Å². The van der Waals surface area contributed by atoms with E-state index in [1.54, 1.807) is 50.2 Å². The second kappa shape index (κ2) is 10.7. The van der Waals surface area contributed by atoms with Crippen molar-refractivity contribution >= 4 is 9.84 Å². The zero-order valence-corrected chi connectivity index (χ0v) is 21.6. The quantitative estimate of drug-likeness (QED) is 0.394. The Morgan fingerprint density at radius 3 is 2.37 bits per heavy atom. The van der Waals surface area contributed by atoms with Crippen LogP contribution in [0.2, 0.25) is 0 Å². The largest absolute Gasteiger partial charge is 0.494 e. The standard InChI is InChI=1S/C26H33N3O5S/c1-5-23-26(17-27-28(23)2)35(30,31)22-9-7-21(8-10-22)34-14-6-12-29-13-11-19-15-24(32-3)25(33-4)16-20(19)18-29/h7-10,15-17H,5-6,11-14,18H2,1-4H3. The molecule has 0 spiro atoms. The smallest absolute Gasteiger partial charge is 0.209 e. The lowest BCUT2D eigenvalue weighted by Gasteiger charge is -2.29. The van der Waals surface area contributed by atoms with Gasteiger partial charge in [-0.2, -0.15) is 5.10 Å². The molecule has 188 valence electrons. The number of aryl methyl sites for hydroxylation is 1. The average molecular weight is 500 g/mol. The van der Waals surface area contributed by atoms with Crippen LogP contribution in [-0.2, 0) is 36.3 Å². The molecule has 3 aromatic rings. The molecular weight excluding hydrogens is 466 g/mol. The molecule has 0 saturated carbocycles. The van der Waals surface area contributed by atoms with Gasteiger partial charge in [-0.25, -0.2) is 8.42 Å². The highest BCUT2D eigenvalue weighted by Gasteiger charge is 2.24. The van der Waals surface area contributed by atoms with E-state index in [4.69, 9.17) is 14.2 Å². The third-order valence-electron chi connectivity index (χ3n) is 6.47. The molecular formula is C26H33N3O5S. The van der Waals surface area contributed by atoms with Crippen LogP contribution in [0, 0.1) is 0 Å². The number of benzene rings is 2. The maximum Gasteiger partial charge on any atom is 0.209 e. The van der Waals surface area contributed by atoms with Crippen molar-refractivity contribution in [3.63, 3.8) is 0 Å². The molecule has 1 aliphatic heterocycles. The van der Waals surface area contributed by atoms with E-state index in [-0.39, 0.29) is 9.79 Å². The number of aromatic nitrogens is 2. The summed E-state index contributed by atoms with van der Waals surface area (Å²) in [5.41, 5.74) is 3.28. The van der Waals surface area contributed by atoms with Crippen molar-refractivity contribution in [2.45, 2.75) is 42.5 Å². The van der Waals surface area contributed by atoms with E-state index in [1.165, 1.54) is 17.3 Å². The molecule has 0 bridgehead atoms. The fourth-order valence-corrected chi connectivity index (χ4v) is 6.04. The number of methoxy groups -OCH3 is 2. The van der Waals surface area contributed by atoms with Gasteiger partial charge in [0, 0.05) is 26.7 Å². The van der Waals surface area contributed by atoms with Crippen molar-refractivity contribution in [2.75, 3.05) is 33.9 Å². The van der Waals surface area contributed by atoms with Crippen molar-refractivity contribution in [1.29, 1.82) is 0 Å². The summed E-state index contributed by atoms with van der Waals surface area (Å²) < 4.78 is 44.4. The van der Waals surface area contributed by atoms with E-state index in [0.29, 0.717) is 24.5 Å². The van der Waals surface area contributed by atoms with Gasteiger partial charge in [-0.1, -0.05) is 6.92 Å². The van der Waals surface area contributed by atoms with Crippen LogP contribution in [0.1, 0.15) is 30.2 Å². The number of hydrogen-bond donors (Lipinski definition) is 0. The van der Waals surface area contributed by atoms with Gasteiger partial charge in [0.25, 0.3) is 0 Å². The van der Waals surface area contributed by atoms with Crippen molar-refractivity contribution in [1.82, 2.24) is 14.7 Å². The SMILES string of the molecule is CCc1c(S(=O)(=O)c2ccc(OCCCN3CCc4cc(OC)c(OC)cc4C3)cc2)cnn1C. The fraction of sp³-hybridized carbons (Fsp3) is 0.423. The van der Waals surface area contributed by atoms with Gasteiger partial charge < -0.3 is 14.2 Å². The molecule has 1 aliphatic rings. The Labute approximate surface area is 207 Å². The highest BCUT2D eigenvalue weighted by molar-refractivity contribution is 7.91. The lowest BCUT2D eigenvalue weighted by molar-refractivity contribution is 0.220. The molecule has 0 radical (unpaired) electrons. The molecule has 2 aromatic carbocycles. The summed E-state index contributed by atoms with van der Waals surface area (Å²) in [6, 6.07) is 10.8. The zero-order valence-electron chi connectivity index (χ0n) is 20.8. The van der Waals surface area contributed by atoms with Crippen LogP contribution in [0.5, 0.6) is 17.2 Å². The van der Waals surface area contributed by atoms with Crippen LogP contribution in [0.15, 0.2) is 52.4 Å². The summed E-state index contributed by atoms with van der Waals surface area (Å²) in [6.07, 6.45) is 3.86. The Bertz CT molecular complexity index is 1270. The fourth-order valence-electron chi connectivity index (χ4n) is 4.52. The second-order valence-electron chi connectivity index (χ2n) is 8.61. The lowest BCUT2D eigenvalue weighted by Crippen LogP contribution is -2.32. The Morgan fingerprint density at radius 2 is 1.71 bits per heavy atom. The van der Waals surface area contributed by atoms with E-state index in [1.807, 2.05) is 6.92 Å². The maximum atomic E-state index is 13.0. The van der Waals surface area contributed by atoms with Gasteiger partial charge in [0.1, 0.15) is 10.6 Å². The Balaban J connectivity index is 1.30. The first-order valence-corrected chi connectivity index (χ1v) is 13.3. The minimum Gasteiger partial charge on any atom is -0.494 e. The molecule has 4 rings (SSSR count). The minimum atomic E-state index is -3.61. The number of rotatable bonds is 10. The summed E-state index contributed by atoms with van der Waals surface area (Å²) in [7, 11) is 1.46. The van der Waals surface area contributed by atoms with Gasteiger partial charge in [-0.05, 0) is 66.8 Å². The average Bonchev–Trinajstić information content (AvgIpc) is 3.27. The molecule has 0 amide bonds. The lowest BCUT2D eigenvalue weighted by atomic mass is 9.98. The molecule has 0 unspecified atom stereocenters. The molecule has 0 atom stereocenters. The van der Waals surface area contributed by atoms with Crippen LogP contribution in [0.25, 0.3) is 0 Å². The van der Waals surface area contributed by atoms with E-state index >= 15 is 0 Å². The summed E-state index contributed by atoms with van der Waals surface area (Å²) in [6.45, 7) is 5.26. The Hall–Kier alpha value is -3.04. The van der Waals surface area contributed by atoms with E-state index in [0.717, 1.165) is 44.0 Å². The summed E-state index contributed by atoms with van der Waals surface area (Å²) in [5.74, 6) is 2.20. The highest BCUT2D eigenvalue weighted by Crippen LogP contribution is 2.33. The van der Waals surface area contributed by atoms with Crippen LogP contribution >= 0.6 is 0 Å². The van der Waals surface area contributed by atoms with Crippen LogP contribution < -0.4 is 14.2 Å². The molecule has 8 nitrogen and oxygen atoms in total. The van der Waals surface area contributed by atoms with Crippen molar-refractivity contribution in [2.24, 2.45) is 7.05 Å². The number of fused-ring (bicyclic) bond motifs is 1. The van der Waals surface area contributed by atoms with Crippen LogP contribution in [-0.4, -0.2) is 57.0 Å². The topological polar surface area (TPSA) is 82.9 Å². The van der Waals surface area contributed by atoms with E-state index in [2.05, 4.69) is 22.1 Å². The van der Waals surface area contributed by atoms with Crippen LogP contribution in [0.4, 0.5) is 0 Å². The highest BCUT2D eigenvalue weighted by atomic mass is 32.2. The first-order chi connectivity index (χ1) is 16.9. The molecule has 35 heavy (non-hydrogen) atoms. The predicted molar refractivity (Wildman–Crippen MR) is 133 cm³/mol. The molecule has 0 saturated heterocycles. The van der Waals surface area contributed by atoms with Gasteiger partial charge in [0.15, 0.2) is 11.5 Å². The molecule has 2 heterocycles. The predicted octanol–water partition coefficient (Wildman–Crippen LogP) is 3.66. The van der Waals surface area contributed by atoms with E-state index in [9.17, 15) is 8.42 Å². The molecule has 0 N–H and O–H groups in total. The summed E-state index contributed by atoms with van der Waals surface area (Å²) in [4.78, 5) is 2.91. The summed E-state index contributed by atoms with van der Waals surface area (Å²) in [5, 5.41) is 4.11. The van der Waals surface area contributed by atoms with Crippen molar-refractivity contribution in [3.05, 3.63) is 59.4 Å². The molecule has 0 fully saturated rings. The van der Waals surface area contributed by atoms with E-state index < -0.39 is 9.84 Å². The molecule has 1 aromatic heterocycles. The zero-order chi connectivity index (χ0) is 25.0. The van der Waals surface area contributed by atoms with Gasteiger partial charge in [-0.3, -0.25) is 9.58 Å². The first-order valence-electron chi connectivity index (χ1n) is 11.8. The third kappa shape index (κ3) is 5.31. The maximum absolute atomic E-state index is 13.0. The van der Waals surface area contributed by atoms with Crippen molar-refractivity contribution < 1.29 is 22.6 Å². The monoisotopic (exact) mass is 499 g/mol. The number of hydrogen-bond acceptors (Lipinski definition) is 7. The Kier molecular flexibility index (Phi) is 7.66. The van der Waals surface area contributed by atoms with Gasteiger partial charge in [-0.15, -0.1) is 0 Å². The van der Waals surface area contributed by atoms with Crippen LogP contribution in [0.3, 0.4) is 0 Å².